The number of amides is 1. The molecule has 0 aliphatic carbocycles. The van der Waals surface area contributed by atoms with Gasteiger partial charge in [-0.2, -0.15) is 5.10 Å². The van der Waals surface area contributed by atoms with E-state index in [-0.39, 0.29) is 17.6 Å². The van der Waals surface area contributed by atoms with E-state index < -0.39 is 0 Å². The Morgan fingerprint density at radius 3 is 2.75 bits per heavy atom. The zero-order chi connectivity index (χ0) is 20.1. The molecule has 12 heteroatoms. The summed E-state index contributed by atoms with van der Waals surface area (Å²) in [5.74, 6) is 6.05. The predicted molar refractivity (Wildman–Crippen MR) is 116 cm³/mol. The third-order valence-electron chi connectivity index (χ3n) is 3.34. The number of thioether (sulfide) groups is 1. The van der Waals surface area contributed by atoms with E-state index in [1.807, 2.05) is 24.4 Å². The lowest BCUT2D eigenvalue weighted by atomic mass is 10.3. The minimum absolute atomic E-state index is 0.0803. The number of nitrogens with one attached hydrogen (secondary N) is 2. The van der Waals surface area contributed by atoms with Crippen molar-refractivity contribution in [2.24, 2.45) is 5.10 Å². The van der Waals surface area contributed by atoms with Gasteiger partial charge in [-0.25, -0.2) is 10.1 Å². The van der Waals surface area contributed by atoms with Crippen LogP contribution in [0.2, 0.25) is 10.0 Å². The van der Waals surface area contributed by atoms with E-state index in [2.05, 4.69) is 26.0 Å². The molecule has 0 radical (unpaired) electrons. The number of hydrazone groups is 1. The molecular weight excluding hydrogens is 441 g/mol. The summed E-state index contributed by atoms with van der Waals surface area (Å²) in [5, 5.41) is 18.1. The molecule has 3 rings (SSSR count). The summed E-state index contributed by atoms with van der Waals surface area (Å²) in [5.41, 5.74) is 4.09. The van der Waals surface area contributed by atoms with Crippen LogP contribution in [0.25, 0.3) is 0 Å². The molecule has 0 aliphatic heterocycles. The van der Waals surface area contributed by atoms with Crippen LogP contribution in [0.1, 0.15) is 11.8 Å². The normalized spacial score (nSPS) is 11.5. The van der Waals surface area contributed by atoms with Crippen molar-refractivity contribution in [2.45, 2.75) is 12.1 Å². The van der Waals surface area contributed by atoms with Crippen molar-refractivity contribution < 1.29 is 4.79 Å². The maximum atomic E-state index is 12.1. The Balaban J connectivity index is 1.56. The van der Waals surface area contributed by atoms with Gasteiger partial charge in [0.25, 0.3) is 5.95 Å². The van der Waals surface area contributed by atoms with Crippen LogP contribution in [0.15, 0.2) is 46.0 Å². The number of benzene rings is 1. The number of nitrogen functional groups attached to an aromatic ring is 1. The van der Waals surface area contributed by atoms with E-state index in [1.165, 1.54) is 4.68 Å². The first kappa shape index (κ1) is 20.5. The molecule has 2 aromatic heterocycles. The molecule has 0 spiro atoms. The Bertz CT molecular complexity index is 984. The topological polar surface area (TPSA) is 110 Å². The van der Waals surface area contributed by atoms with E-state index in [9.17, 15) is 4.79 Å². The Kier molecular flexibility index (Phi) is 6.79. The minimum atomic E-state index is -0.257. The van der Waals surface area contributed by atoms with Gasteiger partial charge in [-0.05, 0) is 36.6 Å². The summed E-state index contributed by atoms with van der Waals surface area (Å²) in [4.78, 5) is 13.2. The quantitative estimate of drug-likeness (QED) is 0.215. The number of rotatable bonds is 7. The highest BCUT2D eigenvalue weighted by molar-refractivity contribution is 7.99. The molecule has 146 valence electrons. The minimum Gasteiger partial charge on any atom is -0.334 e. The molecule has 28 heavy (non-hydrogen) atoms. The van der Waals surface area contributed by atoms with Crippen LogP contribution in [0.3, 0.4) is 0 Å². The molecule has 0 atom stereocenters. The first-order chi connectivity index (χ1) is 13.4. The molecule has 0 fully saturated rings. The molecule has 1 aromatic carbocycles. The smallest absolute Gasteiger partial charge is 0.264 e. The fourth-order valence-electron chi connectivity index (χ4n) is 2.08. The highest BCUT2D eigenvalue weighted by atomic mass is 35.5. The summed E-state index contributed by atoms with van der Waals surface area (Å²) in [6.45, 7) is 1.87. The fraction of sp³-hybridized carbons (Fsp3) is 0.125. The molecule has 0 aliphatic rings. The van der Waals surface area contributed by atoms with Gasteiger partial charge < -0.3 is 11.2 Å². The molecule has 2 heterocycles. The van der Waals surface area contributed by atoms with Gasteiger partial charge in [-0.15, -0.1) is 21.5 Å². The van der Waals surface area contributed by atoms with E-state index in [1.54, 1.807) is 29.5 Å². The number of halogens is 2. The third kappa shape index (κ3) is 5.38. The average Bonchev–Trinajstić information content (AvgIpc) is 3.27. The summed E-state index contributed by atoms with van der Waals surface area (Å²) < 4.78 is 1.24. The number of carbonyl (C=O) groups excluding carboxylic acids is 1. The summed E-state index contributed by atoms with van der Waals surface area (Å²) in [6.07, 6.45) is 0. The van der Waals surface area contributed by atoms with E-state index >= 15 is 0 Å². The predicted octanol–water partition coefficient (Wildman–Crippen LogP) is 3.93. The number of hydrogen-bond acceptors (Lipinski definition) is 8. The standard InChI is InChI=1S/C16H15Cl2N7OS2/c1-9(13-3-2-4-27-13)21-22-15-23-24-16(25(15)19)28-8-14(26)20-12-6-10(17)5-11(18)7-12/h2-7H,8,19H2,1H3,(H,20,26)(H,22,23)/b21-9+. The Hall–Kier alpha value is -2.27. The maximum absolute atomic E-state index is 12.1. The molecular formula is C16H15Cl2N7OS2. The lowest BCUT2D eigenvalue weighted by Gasteiger charge is -2.06. The van der Waals surface area contributed by atoms with Crippen molar-refractivity contribution in [3.05, 3.63) is 50.6 Å². The second-order valence-electron chi connectivity index (χ2n) is 5.46. The molecule has 8 nitrogen and oxygen atoms in total. The van der Waals surface area contributed by atoms with Crippen molar-refractivity contribution in [1.82, 2.24) is 14.9 Å². The first-order valence-corrected chi connectivity index (χ1v) is 10.5. The summed E-state index contributed by atoms with van der Waals surface area (Å²) in [6, 6.07) is 8.71. The Morgan fingerprint density at radius 1 is 1.32 bits per heavy atom. The lowest BCUT2D eigenvalue weighted by molar-refractivity contribution is -0.113. The number of anilines is 2. The van der Waals surface area contributed by atoms with Gasteiger partial charge in [0.15, 0.2) is 0 Å². The number of nitrogens with zero attached hydrogens (tertiary/aromatic N) is 4. The van der Waals surface area contributed by atoms with E-state index in [4.69, 9.17) is 29.0 Å². The monoisotopic (exact) mass is 455 g/mol. The average molecular weight is 456 g/mol. The Labute approximate surface area is 179 Å². The maximum Gasteiger partial charge on any atom is 0.264 e. The molecule has 1 amide bonds. The van der Waals surface area contributed by atoms with Crippen LogP contribution in [0.4, 0.5) is 11.6 Å². The van der Waals surface area contributed by atoms with Gasteiger partial charge in [0.1, 0.15) is 0 Å². The number of thiophene rings is 1. The lowest BCUT2D eigenvalue weighted by Crippen LogP contribution is -2.17. The van der Waals surface area contributed by atoms with Crippen molar-refractivity contribution in [2.75, 3.05) is 22.3 Å². The number of aromatic nitrogens is 3. The molecule has 0 bridgehead atoms. The number of nitrogens with two attached hydrogens (primary N) is 1. The van der Waals surface area contributed by atoms with Crippen molar-refractivity contribution in [3.8, 4) is 0 Å². The van der Waals surface area contributed by atoms with Gasteiger partial charge in [0.05, 0.1) is 11.5 Å². The van der Waals surface area contributed by atoms with E-state index in [0.29, 0.717) is 20.9 Å². The molecule has 4 N–H and O–H groups in total. The highest BCUT2D eigenvalue weighted by Gasteiger charge is 2.13. The van der Waals surface area contributed by atoms with Gasteiger partial charge >= 0.3 is 0 Å². The summed E-state index contributed by atoms with van der Waals surface area (Å²) in [7, 11) is 0. The van der Waals surface area contributed by atoms with Crippen molar-refractivity contribution >= 4 is 69.6 Å². The number of carbonyl (C=O) groups is 1. The number of hydrogen-bond donors (Lipinski definition) is 3. The SMILES string of the molecule is C/C(=N\Nc1nnc(SCC(=O)Nc2cc(Cl)cc(Cl)c2)n1N)c1cccs1. The highest BCUT2D eigenvalue weighted by Crippen LogP contribution is 2.23. The Morgan fingerprint density at radius 2 is 2.07 bits per heavy atom. The first-order valence-electron chi connectivity index (χ1n) is 7.86. The van der Waals surface area contributed by atoms with Gasteiger partial charge in [0, 0.05) is 20.6 Å². The zero-order valence-corrected chi connectivity index (χ0v) is 17.7. The zero-order valence-electron chi connectivity index (χ0n) is 14.5. The second-order valence-corrected chi connectivity index (χ2v) is 8.22. The molecule has 3 aromatic rings. The van der Waals surface area contributed by atoms with Crippen LogP contribution in [-0.2, 0) is 4.79 Å². The van der Waals surface area contributed by atoms with Crippen LogP contribution in [0.5, 0.6) is 0 Å². The van der Waals surface area contributed by atoms with Gasteiger partial charge in [-0.1, -0.05) is 41.0 Å². The van der Waals surface area contributed by atoms with Crippen LogP contribution < -0.4 is 16.6 Å². The largest absolute Gasteiger partial charge is 0.334 e. The second kappa shape index (κ2) is 9.28. The van der Waals surface area contributed by atoms with E-state index in [0.717, 1.165) is 22.4 Å². The molecule has 0 unspecified atom stereocenters. The fourth-order valence-corrected chi connectivity index (χ4v) is 3.94. The van der Waals surface area contributed by atoms with Gasteiger partial charge in [0.2, 0.25) is 11.1 Å². The summed E-state index contributed by atoms with van der Waals surface area (Å²) >= 11 is 14.6. The van der Waals surface area contributed by atoms with Crippen molar-refractivity contribution in [1.29, 1.82) is 0 Å². The van der Waals surface area contributed by atoms with Crippen LogP contribution >= 0.6 is 46.3 Å². The third-order valence-corrected chi connectivity index (χ3v) is 5.70. The van der Waals surface area contributed by atoms with Gasteiger partial charge in [-0.3, -0.25) is 4.79 Å². The molecule has 0 saturated carbocycles. The van der Waals surface area contributed by atoms with Crippen LogP contribution in [-0.4, -0.2) is 32.2 Å². The van der Waals surface area contributed by atoms with Crippen molar-refractivity contribution in [3.63, 3.8) is 0 Å². The molecule has 0 saturated heterocycles. The van der Waals surface area contributed by atoms with Crippen LogP contribution in [0, 0.1) is 0 Å².